The molecule has 0 spiro atoms. The third-order valence-electron chi connectivity index (χ3n) is 3.34. The number of carbonyl (C=O) groups excluding carboxylic acids is 1. The Morgan fingerprint density at radius 2 is 1.96 bits per heavy atom. The summed E-state index contributed by atoms with van der Waals surface area (Å²) in [5, 5.41) is 22.0. The van der Waals surface area contributed by atoms with E-state index in [4.69, 9.17) is 11.6 Å². The number of fused-ring (bicyclic) bond motifs is 1. The van der Waals surface area contributed by atoms with Gasteiger partial charge in [-0.1, -0.05) is 11.6 Å². The van der Waals surface area contributed by atoms with Crippen LogP contribution in [0.1, 0.15) is 38.1 Å². The zero-order valence-corrected chi connectivity index (χ0v) is 14.2. The van der Waals surface area contributed by atoms with Crippen molar-refractivity contribution in [2.24, 2.45) is 0 Å². The Hall–Kier alpha value is -2.21. The molecule has 0 radical (unpaired) electrons. The van der Waals surface area contributed by atoms with Crippen LogP contribution in [-0.4, -0.2) is 26.2 Å². The average molecular weight is 339 g/mol. The number of phenolic OH excluding ortho intramolecular Hbond substituents is 2. The normalized spacial score (nSPS) is 11.7. The molecule has 2 rings (SSSR count). The first-order valence-electron chi connectivity index (χ1n) is 7.17. The van der Waals surface area contributed by atoms with Crippen molar-refractivity contribution in [1.82, 2.24) is 9.88 Å². The molecule has 7 heteroatoms. The molecule has 0 unspecified atom stereocenters. The Morgan fingerprint density at radius 3 is 2.48 bits per heavy atom. The largest absolute Gasteiger partial charge is 0.504 e. The van der Waals surface area contributed by atoms with Gasteiger partial charge in [-0.15, -0.1) is 0 Å². The van der Waals surface area contributed by atoms with E-state index >= 15 is 0 Å². The number of hydrogen-bond acceptors (Lipinski definition) is 4. The first kappa shape index (κ1) is 17.1. The maximum Gasteiger partial charge on any atom is 0.257 e. The number of amides is 1. The van der Waals surface area contributed by atoms with Crippen molar-refractivity contribution >= 4 is 28.4 Å². The second kappa shape index (κ2) is 5.77. The standard InChI is InChI=1S/C16H19ClN2O4/c1-5-19-7-8(15(23)18-16(2,3)4)13(21)11-9(19)6-10(20)14(22)12(11)17/h6-7,20,22H,5H2,1-4H3,(H,18,23). The van der Waals surface area contributed by atoms with Crippen molar-refractivity contribution in [3.05, 3.63) is 33.1 Å². The second-order valence-corrected chi connectivity index (χ2v) is 6.69. The average Bonchev–Trinajstić information content (AvgIpc) is 2.43. The van der Waals surface area contributed by atoms with Crippen molar-refractivity contribution in [2.45, 2.75) is 39.8 Å². The number of pyridine rings is 1. The van der Waals surface area contributed by atoms with Crippen LogP contribution in [0.25, 0.3) is 10.9 Å². The molecule has 0 atom stereocenters. The molecule has 23 heavy (non-hydrogen) atoms. The SMILES string of the molecule is CCn1cc(C(=O)NC(C)(C)C)c(=O)c2c(Cl)c(O)c(O)cc21. The highest BCUT2D eigenvalue weighted by Crippen LogP contribution is 2.38. The van der Waals surface area contributed by atoms with E-state index in [-0.39, 0.29) is 16.0 Å². The Bertz CT molecular complexity index is 850. The lowest BCUT2D eigenvalue weighted by molar-refractivity contribution is 0.0918. The molecule has 0 aliphatic heterocycles. The van der Waals surface area contributed by atoms with E-state index in [0.29, 0.717) is 12.1 Å². The summed E-state index contributed by atoms with van der Waals surface area (Å²) in [5.41, 5.74) is -0.811. The molecule has 1 aromatic carbocycles. The van der Waals surface area contributed by atoms with E-state index in [2.05, 4.69) is 5.32 Å². The summed E-state index contributed by atoms with van der Waals surface area (Å²) >= 11 is 6.02. The number of aromatic hydroxyl groups is 2. The van der Waals surface area contributed by atoms with Crippen molar-refractivity contribution in [3.8, 4) is 11.5 Å². The maximum absolute atomic E-state index is 12.7. The van der Waals surface area contributed by atoms with Gasteiger partial charge in [-0.05, 0) is 27.7 Å². The number of halogens is 1. The lowest BCUT2D eigenvalue weighted by atomic mass is 10.1. The van der Waals surface area contributed by atoms with E-state index in [1.165, 1.54) is 12.3 Å². The Labute approximate surface area is 138 Å². The topological polar surface area (TPSA) is 91.6 Å². The minimum atomic E-state index is -0.591. The zero-order valence-electron chi connectivity index (χ0n) is 13.4. The summed E-state index contributed by atoms with van der Waals surface area (Å²) < 4.78 is 1.62. The lowest BCUT2D eigenvalue weighted by Gasteiger charge is -2.21. The molecule has 6 nitrogen and oxygen atoms in total. The van der Waals surface area contributed by atoms with Gasteiger partial charge in [0.25, 0.3) is 5.91 Å². The number of nitrogens with one attached hydrogen (secondary N) is 1. The molecule has 0 saturated heterocycles. The van der Waals surface area contributed by atoms with Gasteiger partial charge in [0.05, 0.1) is 15.9 Å². The second-order valence-electron chi connectivity index (χ2n) is 6.31. The molecule has 124 valence electrons. The smallest absolute Gasteiger partial charge is 0.257 e. The Balaban J connectivity index is 2.82. The predicted octanol–water partition coefficient (Wildman–Crippen LogP) is 2.61. The molecule has 0 aliphatic carbocycles. The molecule has 0 aliphatic rings. The van der Waals surface area contributed by atoms with Gasteiger partial charge in [-0.3, -0.25) is 9.59 Å². The number of benzene rings is 1. The van der Waals surface area contributed by atoms with Crippen LogP contribution in [0.4, 0.5) is 0 Å². The maximum atomic E-state index is 12.7. The van der Waals surface area contributed by atoms with E-state index in [1.807, 2.05) is 6.92 Å². The number of hydrogen-bond donors (Lipinski definition) is 3. The van der Waals surface area contributed by atoms with E-state index in [0.717, 1.165) is 0 Å². The first-order valence-corrected chi connectivity index (χ1v) is 7.54. The summed E-state index contributed by atoms with van der Waals surface area (Å²) in [6, 6.07) is 1.26. The molecule has 0 bridgehead atoms. The fraction of sp³-hybridized carbons (Fsp3) is 0.375. The van der Waals surface area contributed by atoms with Crippen LogP contribution in [0.2, 0.25) is 5.02 Å². The molecule has 2 aromatic rings. The molecule has 1 aromatic heterocycles. The van der Waals surface area contributed by atoms with Crippen LogP contribution < -0.4 is 10.7 Å². The molecular weight excluding hydrogens is 320 g/mol. The van der Waals surface area contributed by atoms with Crippen molar-refractivity contribution in [1.29, 1.82) is 0 Å². The Morgan fingerprint density at radius 1 is 1.35 bits per heavy atom. The highest BCUT2D eigenvalue weighted by molar-refractivity contribution is 6.37. The predicted molar refractivity (Wildman–Crippen MR) is 89.4 cm³/mol. The van der Waals surface area contributed by atoms with Crippen molar-refractivity contribution in [2.75, 3.05) is 0 Å². The monoisotopic (exact) mass is 338 g/mol. The van der Waals surface area contributed by atoms with Gasteiger partial charge in [-0.2, -0.15) is 0 Å². The molecule has 0 fully saturated rings. The third-order valence-corrected chi connectivity index (χ3v) is 3.71. The number of aromatic nitrogens is 1. The van der Waals surface area contributed by atoms with Gasteiger partial charge in [0.2, 0.25) is 5.43 Å². The highest BCUT2D eigenvalue weighted by Gasteiger charge is 2.23. The van der Waals surface area contributed by atoms with Crippen LogP contribution in [-0.2, 0) is 6.54 Å². The quantitative estimate of drug-likeness (QED) is 0.734. The highest BCUT2D eigenvalue weighted by atomic mass is 35.5. The number of nitrogens with zero attached hydrogens (tertiary/aromatic N) is 1. The number of aryl methyl sites for hydroxylation is 1. The van der Waals surface area contributed by atoms with E-state index in [1.54, 1.807) is 25.3 Å². The van der Waals surface area contributed by atoms with Gasteiger partial charge in [-0.25, -0.2) is 0 Å². The summed E-state index contributed by atoms with van der Waals surface area (Å²) in [6.07, 6.45) is 1.43. The van der Waals surface area contributed by atoms with Crippen LogP contribution in [0.3, 0.4) is 0 Å². The summed E-state index contributed by atoms with van der Waals surface area (Å²) in [7, 11) is 0. The van der Waals surface area contributed by atoms with E-state index < -0.39 is 28.4 Å². The minimum Gasteiger partial charge on any atom is -0.504 e. The first-order chi connectivity index (χ1) is 10.6. The third kappa shape index (κ3) is 3.12. The van der Waals surface area contributed by atoms with Gasteiger partial charge < -0.3 is 20.1 Å². The molecule has 3 N–H and O–H groups in total. The van der Waals surface area contributed by atoms with Crippen LogP contribution in [0.15, 0.2) is 17.1 Å². The summed E-state index contributed by atoms with van der Waals surface area (Å²) in [5.74, 6) is -1.52. The zero-order chi connectivity index (χ0) is 17.5. The van der Waals surface area contributed by atoms with Crippen molar-refractivity contribution < 1.29 is 15.0 Å². The fourth-order valence-corrected chi connectivity index (χ4v) is 2.59. The van der Waals surface area contributed by atoms with Crippen LogP contribution in [0.5, 0.6) is 11.5 Å². The van der Waals surface area contributed by atoms with E-state index in [9.17, 15) is 19.8 Å². The molecule has 1 heterocycles. The van der Waals surface area contributed by atoms with Gasteiger partial charge in [0, 0.05) is 24.3 Å². The van der Waals surface area contributed by atoms with Crippen LogP contribution in [0, 0.1) is 0 Å². The van der Waals surface area contributed by atoms with Crippen LogP contribution >= 0.6 is 11.6 Å². The molecule has 1 amide bonds. The lowest BCUT2D eigenvalue weighted by Crippen LogP contribution is -2.42. The van der Waals surface area contributed by atoms with Crippen molar-refractivity contribution in [3.63, 3.8) is 0 Å². The molecular formula is C16H19ClN2O4. The van der Waals surface area contributed by atoms with Gasteiger partial charge in [0.1, 0.15) is 5.56 Å². The number of rotatable bonds is 2. The number of carbonyl (C=O) groups is 1. The molecule has 0 saturated carbocycles. The van der Waals surface area contributed by atoms with Gasteiger partial charge >= 0.3 is 0 Å². The minimum absolute atomic E-state index is 0.00498. The summed E-state index contributed by atoms with van der Waals surface area (Å²) in [6.45, 7) is 7.70. The summed E-state index contributed by atoms with van der Waals surface area (Å²) in [4.78, 5) is 25.0. The fourth-order valence-electron chi connectivity index (χ4n) is 2.31. The van der Waals surface area contributed by atoms with Gasteiger partial charge in [0.15, 0.2) is 11.5 Å². The Kier molecular flexibility index (Phi) is 4.30. The number of phenols is 2.